The number of pyridine rings is 1. The number of hydrogen-bond acceptors (Lipinski definition) is 5. The molecule has 0 aliphatic carbocycles. The maximum Gasteiger partial charge on any atom is 0.156 e. The van der Waals surface area contributed by atoms with E-state index < -0.39 is 12.2 Å². The van der Waals surface area contributed by atoms with Crippen molar-refractivity contribution in [3.05, 3.63) is 18.6 Å². The van der Waals surface area contributed by atoms with Crippen LogP contribution < -0.4 is 4.90 Å². The Balaban J connectivity index is 2.06. The molecule has 6 nitrogen and oxygen atoms in total. The van der Waals surface area contributed by atoms with Crippen molar-refractivity contribution in [2.24, 2.45) is 7.05 Å². The lowest BCUT2D eigenvalue weighted by Gasteiger charge is -2.16. The van der Waals surface area contributed by atoms with Crippen LogP contribution in [0.1, 0.15) is 0 Å². The summed E-state index contributed by atoms with van der Waals surface area (Å²) in [5, 5.41) is 19.1. The summed E-state index contributed by atoms with van der Waals surface area (Å²) >= 11 is 0. The van der Waals surface area contributed by atoms with Gasteiger partial charge in [0.25, 0.3) is 0 Å². The lowest BCUT2D eigenvalue weighted by molar-refractivity contribution is 0.0572. The lowest BCUT2D eigenvalue weighted by Crippen LogP contribution is -2.22. The molecule has 1 aliphatic rings. The molecule has 3 rings (SSSR count). The van der Waals surface area contributed by atoms with Crippen LogP contribution in [0.2, 0.25) is 0 Å². The molecule has 2 aromatic rings. The predicted molar refractivity (Wildman–Crippen MR) is 62.7 cm³/mol. The fraction of sp³-hybridized carbons (Fsp3) is 0.455. The second kappa shape index (κ2) is 3.68. The Morgan fingerprint density at radius 2 is 1.94 bits per heavy atom. The Morgan fingerprint density at radius 1 is 1.24 bits per heavy atom. The van der Waals surface area contributed by atoms with Gasteiger partial charge < -0.3 is 19.7 Å². The van der Waals surface area contributed by atoms with Crippen molar-refractivity contribution in [3.8, 4) is 0 Å². The van der Waals surface area contributed by atoms with Gasteiger partial charge in [-0.05, 0) is 6.07 Å². The monoisotopic (exact) mass is 234 g/mol. The third-order valence-electron chi connectivity index (χ3n) is 3.18. The summed E-state index contributed by atoms with van der Waals surface area (Å²) in [5.41, 5.74) is 1.79. The number of rotatable bonds is 1. The van der Waals surface area contributed by atoms with Gasteiger partial charge in [-0.2, -0.15) is 0 Å². The van der Waals surface area contributed by atoms with E-state index in [1.165, 1.54) is 0 Å². The zero-order valence-corrected chi connectivity index (χ0v) is 9.48. The standard InChI is InChI=1S/C11H14N4O2/c1-14-6-13-10-7(14)2-3-12-11(10)15-4-8(16)9(17)5-15/h2-3,6,8-9,16-17H,4-5H2,1H3. The minimum atomic E-state index is -0.712. The molecule has 2 atom stereocenters. The molecule has 2 unspecified atom stereocenters. The summed E-state index contributed by atoms with van der Waals surface area (Å²) < 4.78 is 1.92. The van der Waals surface area contributed by atoms with E-state index in [4.69, 9.17) is 0 Å². The largest absolute Gasteiger partial charge is 0.389 e. The summed E-state index contributed by atoms with van der Waals surface area (Å²) in [6, 6.07) is 1.90. The normalized spacial score (nSPS) is 24.8. The summed E-state index contributed by atoms with van der Waals surface area (Å²) in [7, 11) is 1.92. The SMILES string of the molecule is Cn1cnc2c(N3CC(O)C(O)C3)nccc21. The Kier molecular flexibility index (Phi) is 2.27. The molecule has 2 aromatic heterocycles. The van der Waals surface area contributed by atoms with Crippen molar-refractivity contribution in [2.75, 3.05) is 18.0 Å². The second-order valence-corrected chi connectivity index (χ2v) is 4.40. The summed E-state index contributed by atoms with van der Waals surface area (Å²) in [6.07, 6.45) is 2.03. The quantitative estimate of drug-likeness (QED) is 0.696. The van der Waals surface area contributed by atoms with Gasteiger partial charge in [0, 0.05) is 26.3 Å². The third-order valence-corrected chi connectivity index (χ3v) is 3.18. The van der Waals surface area contributed by atoms with Crippen molar-refractivity contribution >= 4 is 16.9 Å². The molecule has 0 radical (unpaired) electrons. The van der Waals surface area contributed by atoms with E-state index in [9.17, 15) is 10.2 Å². The third kappa shape index (κ3) is 1.57. The van der Waals surface area contributed by atoms with E-state index in [-0.39, 0.29) is 0 Å². The van der Waals surface area contributed by atoms with Crippen LogP contribution in [0.15, 0.2) is 18.6 Å². The maximum absolute atomic E-state index is 9.56. The van der Waals surface area contributed by atoms with Gasteiger partial charge in [0.1, 0.15) is 5.52 Å². The molecule has 0 aromatic carbocycles. The van der Waals surface area contributed by atoms with E-state index >= 15 is 0 Å². The first-order valence-electron chi connectivity index (χ1n) is 5.54. The van der Waals surface area contributed by atoms with Gasteiger partial charge in [-0.25, -0.2) is 9.97 Å². The molecule has 3 heterocycles. The van der Waals surface area contributed by atoms with Gasteiger partial charge in [0.2, 0.25) is 0 Å². The number of nitrogens with zero attached hydrogens (tertiary/aromatic N) is 4. The summed E-state index contributed by atoms with van der Waals surface area (Å²) in [4.78, 5) is 10.5. The molecule has 1 fully saturated rings. The topological polar surface area (TPSA) is 74.4 Å². The van der Waals surface area contributed by atoms with Gasteiger partial charge in [-0.1, -0.05) is 0 Å². The average molecular weight is 234 g/mol. The maximum atomic E-state index is 9.56. The van der Waals surface area contributed by atoms with Crippen LogP contribution in [0.25, 0.3) is 11.0 Å². The van der Waals surface area contributed by atoms with E-state index in [0.29, 0.717) is 13.1 Å². The molecule has 0 saturated carbocycles. The highest BCUT2D eigenvalue weighted by atomic mass is 16.3. The Bertz CT molecular complexity index is 543. The first kappa shape index (κ1) is 10.5. The van der Waals surface area contributed by atoms with Crippen molar-refractivity contribution in [1.82, 2.24) is 14.5 Å². The number of fused-ring (bicyclic) bond motifs is 1. The van der Waals surface area contributed by atoms with Gasteiger partial charge in [-0.3, -0.25) is 0 Å². The number of aromatic nitrogens is 3. The van der Waals surface area contributed by atoms with Crippen LogP contribution in [-0.2, 0) is 7.05 Å². The van der Waals surface area contributed by atoms with Crippen molar-refractivity contribution in [3.63, 3.8) is 0 Å². The van der Waals surface area contributed by atoms with E-state index in [2.05, 4.69) is 9.97 Å². The molecule has 2 N–H and O–H groups in total. The van der Waals surface area contributed by atoms with Crippen molar-refractivity contribution < 1.29 is 10.2 Å². The van der Waals surface area contributed by atoms with Gasteiger partial charge >= 0.3 is 0 Å². The molecule has 0 amide bonds. The Labute approximate surface area is 98.1 Å². The predicted octanol–water partition coefficient (Wildman–Crippen LogP) is -0.490. The van der Waals surface area contributed by atoms with Gasteiger partial charge in [0.15, 0.2) is 5.82 Å². The number of aliphatic hydroxyl groups excluding tert-OH is 2. The lowest BCUT2D eigenvalue weighted by atomic mass is 10.3. The highest BCUT2D eigenvalue weighted by molar-refractivity contribution is 5.86. The van der Waals surface area contributed by atoms with Crippen LogP contribution in [-0.4, -0.2) is 50.0 Å². The van der Waals surface area contributed by atoms with E-state index in [1.807, 2.05) is 22.6 Å². The first-order chi connectivity index (χ1) is 8.16. The highest BCUT2D eigenvalue weighted by Gasteiger charge is 2.31. The number of anilines is 1. The number of aryl methyl sites for hydroxylation is 1. The highest BCUT2D eigenvalue weighted by Crippen LogP contribution is 2.25. The smallest absolute Gasteiger partial charge is 0.156 e. The first-order valence-corrected chi connectivity index (χ1v) is 5.54. The van der Waals surface area contributed by atoms with Gasteiger partial charge in [0.05, 0.1) is 24.1 Å². The molecule has 0 bridgehead atoms. The number of aliphatic hydroxyl groups is 2. The zero-order chi connectivity index (χ0) is 12.0. The average Bonchev–Trinajstić information content (AvgIpc) is 2.84. The molecule has 1 saturated heterocycles. The molecule has 6 heteroatoms. The van der Waals surface area contributed by atoms with Crippen LogP contribution in [0.4, 0.5) is 5.82 Å². The number of hydrogen-bond donors (Lipinski definition) is 2. The van der Waals surface area contributed by atoms with Crippen LogP contribution in [0.5, 0.6) is 0 Å². The fourth-order valence-electron chi connectivity index (χ4n) is 2.22. The number of β-amino-alcohol motifs (C(OH)–C–C–N with tert-alkyl or cyclic N) is 2. The number of imidazole rings is 1. The minimum Gasteiger partial charge on any atom is -0.389 e. The molecule has 0 spiro atoms. The molecule has 90 valence electrons. The molecule has 1 aliphatic heterocycles. The molecular formula is C11H14N4O2. The zero-order valence-electron chi connectivity index (χ0n) is 9.48. The van der Waals surface area contributed by atoms with E-state index in [1.54, 1.807) is 12.5 Å². The molecular weight excluding hydrogens is 220 g/mol. The van der Waals surface area contributed by atoms with Crippen molar-refractivity contribution in [2.45, 2.75) is 12.2 Å². The Hall–Kier alpha value is -1.66. The van der Waals surface area contributed by atoms with Gasteiger partial charge in [-0.15, -0.1) is 0 Å². The van der Waals surface area contributed by atoms with Crippen LogP contribution in [0, 0.1) is 0 Å². The second-order valence-electron chi connectivity index (χ2n) is 4.40. The fourth-order valence-corrected chi connectivity index (χ4v) is 2.22. The van der Waals surface area contributed by atoms with Crippen LogP contribution >= 0.6 is 0 Å². The minimum absolute atomic E-state index is 0.393. The summed E-state index contributed by atoms with van der Waals surface area (Å²) in [5.74, 6) is 0.721. The van der Waals surface area contributed by atoms with Crippen molar-refractivity contribution in [1.29, 1.82) is 0 Å². The van der Waals surface area contributed by atoms with E-state index in [0.717, 1.165) is 16.9 Å². The Morgan fingerprint density at radius 3 is 2.65 bits per heavy atom. The molecule has 17 heavy (non-hydrogen) atoms. The summed E-state index contributed by atoms with van der Waals surface area (Å²) in [6.45, 7) is 0.785. The van der Waals surface area contributed by atoms with Crippen LogP contribution in [0.3, 0.4) is 0 Å².